The highest BCUT2D eigenvalue weighted by Crippen LogP contribution is 1.96. The largest absolute Gasteiger partial charge is 0.414 e. The van der Waals surface area contributed by atoms with Crippen molar-refractivity contribution in [3.63, 3.8) is 0 Å². The Labute approximate surface area is 47.1 Å². The van der Waals surface area contributed by atoms with Gasteiger partial charge in [0.15, 0.2) is 12.3 Å². The van der Waals surface area contributed by atoms with Crippen LogP contribution >= 0.6 is 0 Å². The molecule has 0 unspecified atom stereocenters. The summed E-state index contributed by atoms with van der Waals surface area (Å²) in [5, 5.41) is 0. The van der Waals surface area contributed by atoms with Crippen molar-refractivity contribution in [3.05, 3.63) is 29.0 Å². The van der Waals surface area contributed by atoms with Crippen LogP contribution in [0.4, 0.5) is 0 Å². The van der Waals surface area contributed by atoms with Crippen LogP contribution < -0.4 is 5.73 Å². The summed E-state index contributed by atoms with van der Waals surface area (Å²) in [4.78, 5) is 10.3. The predicted octanol–water partition coefficient (Wildman–Crippen LogP) is 0.245. The van der Waals surface area contributed by atoms with Gasteiger partial charge in [0.2, 0.25) is 0 Å². The standard InChI is InChI=1S/C5H5N2O/c6-5-3-1-2-4-7(5)8/h1-3H,4H2/q+1. The molecule has 0 aromatic carbocycles. The van der Waals surface area contributed by atoms with E-state index in [9.17, 15) is 4.91 Å². The van der Waals surface area contributed by atoms with Gasteiger partial charge in [-0.1, -0.05) is 11.0 Å². The van der Waals surface area contributed by atoms with Gasteiger partial charge < -0.3 is 0 Å². The number of nitrogens with zero attached hydrogens (tertiary/aromatic N) is 2. The monoisotopic (exact) mass is 109 g/mol. The first-order valence-electron chi connectivity index (χ1n) is 2.31. The van der Waals surface area contributed by atoms with Crippen molar-refractivity contribution in [2.45, 2.75) is 0 Å². The molecule has 8 heavy (non-hydrogen) atoms. The molecule has 0 N–H and O–H groups in total. The number of nitroso groups, excluding NO2 is 1. The summed E-state index contributed by atoms with van der Waals surface area (Å²) in [5.41, 5.74) is 8.60. The van der Waals surface area contributed by atoms with Crippen LogP contribution in [0.2, 0.25) is 0 Å². The first-order valence-corrected chi connectivity index (χ1v) is 2.31. The van der Waals surface area contributed by atoms with E-state index in [2.05, 4.69) is 0 Å². The summed E-state index contributed by atoms with van der Waals surface area (Å²) >= 11 is 0. The van der Waals surface area contributed by atoms with Crippen molar-refractivity contribution in [1.29, 1.82) is 0 Å². The van der Waals surface area contributed by atoms with E-state index in [4.69, 9.17) is 5.73 Å². The van der Waals surface area contributed by atoms with Gasteiger partial charge in [-0.25, -0.2) is 0 Å². The van der Waals surface area contributed by atoms with Crippen LogP contribution in [0.3, 0.4) is 0 Å². The zero-order chi connectivity index (χ0) is 5.98. The van der Waals surface area contributed by atoms with Gasteiger partial charge in [0.25, 0.3) is 0 Å². The second-order valence-electron chi connectivity index (χ2n) is 1.51. The Kier molecular flexibility index (Phi) is 1.12. The molecule has 0 saturated carbocycles. The minimum atomic E-state index is -0.215. The Morgan fingerprint density at radius 2 is 2.50 bits per heavy atom. The quantitative estimate of drug-likeness (QED) is 0.411. The second-order valence-corrected chi connectivity index (χ2v) is 1.51. The molecule has 0 spiro atoms. The van der Waals surface area contributed by atoms with Gasteiger partial charge in [0.05, 0.1) is 0 Å². The Morgan fingerprint density at radius 1 is 1.75 bits per heavy atom. The van der Waals surface area contributed by atoms with Crippen molar-refractivity contribution in [2.75, 3.05) is 6.54 Å². The van der Waals surface area contributed by atoms with Crippen molar-refractivity contribution in [2.24, 2.45) is 0 Å². The van der Waals surface area contributed by atoms with E-state index in [1.165, 1.54) is 6.08 Å². The van der Waals surface area contributed by atoms with E-state index in [1.54, 1.807) is 12.2 Å². The zero-order valence-corrected chi connectivity index (χ0v) is 4.24. The topological polar surface area (TPSA) is 42.4 Å². The maximum Gasteiger partial charge on any atom is 0.414 e. The Balaban J connectivity index is 2.80. The lowest BCUT2D eigenvalue weighted by Gasteiger charge is -1.88. The molecule has 0 aliphatic carbocycles. The first kappa shape index (κ1) is 5.03. The zero-order valence-electron chi connectivity index (χ0n) is 4.24. The molecule has 1 rings (SSSR count). The van der Waals surface area contributed by atoms with Crippen molar-refractivity contribution < 1.29 is 4.76 Å². The Bertz CT molecular complexity index is 169. The fraction of sp³-hybridized carbons (Fsp3) is 0.200. The first-order chi connectivity index (χ1) is 3.80. The number of hydrogen-bond acceptors (Lipinski definition) is 1. The van der Waals surface area contributed by atoms with E-state index < -0.39 is 0 Å². The van der Waals surface area contributed by atoms with E-state index in [0.29, 0.717) is 4.76 Å². The van der Waals surface area contributed by atoms with E-state index in [-0.39, 0.29) is 12.4 Å². The minimum absolute atomic E-state index is 0.215. The summed E-state index contributed by atoms with van der Waals surface area (Å²) in [6.07, 6.45) is 4.67. The number of hydrogen-bond donors (Lipinski definition) is 0. The smallest absolute Gasteiger partial charge is 0.0647 e. The molecule has 0 aromatic heterocycles. The molecule has 1 heterocycles. The highest BCUT2D eigenvalue weighted by molar-refractivity contribution is 5.07. The van der Waals surface area contributed by atoms with E-state index in [1.807, 2.05) is 0 Å². The molecule has 1 aliphatic rings. The number of rotatable bonds is 0. The van der Waals surface area contributed by atoms with Gasteiger partial charge >= 0.3 is 5.82 Å². The van der Waals surface area contributed by atoms with Crippen LogP contribution in [0, 0.1) is 4.91 Å². The summed E-state index contributed by atoms with van der Waals surface area (Å²) in [6.45, 7) is 0.252. The Morgan fingerprint density at radius 3 is 2.88 bits per heavy atom. The molecule has 0 atom stereocenters. The average molecular weight is 109 g/mol. The van der Waals surface area contributed by atoms with Crippen LogP contribution in [0.15, 0.2) is 24.0 Å². The third-order valence-electron chi connectivity index (χ3n) is 0.908. The maximum atomic E-state index is 10.3. The van der Waals surface area contributed by atoms with E-state index in [0.717, 1.165) is 0 Å². The van der Waals surface area contributed by atoms with Crippen LogP contribution in [-0.2, 0) is 0 Å². The molecule has 3 nitrogen and oxygen atoms in total. The fourth-order valence-corrected chi connectivity index (χ4v) is 0.487. The van der Waals surface area contributed by atoms with Crippen LogP contribution in [0.25, 0.3) is 0 Å². The third-order valence-corrected chi connectivity index (χ3v) is 0.908. The van der Waals surface area contributed by atoms with Gasteiger partial charge in [-0.2, -0.15) is 0 Å². The molecule has 0 amide bonds. The molecule has 2 radical (unpaired) electrons. The lowest BCUT2D eigenvalue weighted by atomic mass is 10.4. The lowest BCUT2D eigenvalue weighted by Crippen LogP contribution is -2.10. The summed E-state index contributed by atoms with van der Waals surface area (Å²) < 4.78 is 0.514. The highest BCUT2D eigenvalue weighted by Gasteiger charge is 2.14. The molecule has 0 aromatic rings. The summed E-state index contributed by atoms with van der Waals surface area (Å²) in [6, 6.07) is 0. The molecular weight excluding hydrogens is 104 g/mol. The summed E-state index contributed by atoms with van der Waals surface area (Å²) in [5.74, 6) is -0.215. The van der Waals surface area contributed by atoms with Crippen LogP contribution in [0.1, 0.15) is 0 Å². The highest BCUT2D eigenvalue weighted by atomic mass is 16.3. The molecule has 0 fully saturated rings. The van der Waals surface area contributed by atoms with Gasteiger partial charge in [-0.05, 0) is 10.8 Å². The third kappa shape index (κ3) is 0.753. The van der Waals surface area contributed by atoms with Gasteiger partial charge in [0.1, 0.15) is 0 Å². The Hall–Kier alpha value is -1.12. The van der Waals surface area contributed by atoms with Crippen molar-refractivity contribution in [1.82, 2.24) is 5.73 Å². The minimum Gasteiger partial charge on any atom is -0.0647 e. The molecule has 0 bridgehead atoms. The second kappa shape index (κ2) is 1.78. The molecule has 0 saturated heterocycles. The predicted molar refractivity (Wildman–Crippen MR) is 27.9 cm³/mol. The maximum absolute atomic E-state index is 10.3. The van der Waals surface area contributed by atoms with Crippen molar-refractivity contribution >= 4 is 0 Å². The van der Waals surface area contributed by atoms with Gasteiger partial charge in [-0.3, -0.25) is 0 Å². The van der Waals surface area contributed by atoms with Crippen LogP contribution in [-0.4, -0.2) is 11.3 Å². The van der Waals surface area contributed by atoms with Crippen molar-refractivity contribution in [3.8, 4) is 0 Å². The van der Waals surface area contributed by atoms with Gasteiger partial charge in [0, 0.05) is 6.08 Å². The normalized spacial score (nSPS) is 18.5. The fourth-order valence-electron chi connectivity index (χ4n) is 0.487. The molecule has 40 valence electrons. The summed E-state index contributed by atoms with van der Waals surface area (Å²) in [7, 11) is 0. The van der Waals surface area contributed by atoms with Gasteiger partial charge in [-0.15, -0.1) is 0 Å². The van der Waals surface area contributed by atoms with Crippen LogP contribution in [0.5, 0.6) is 0 Å². The molecular formula is C5H5N2O+. The number of allylic oxidation sites excluding steroid dienone is 2. The average Bonchev–Trinajstić information content (AvgIpc) is 1.77. The van der Waals surface area contributed by atoms with E-state index >= 15 is 0 Å². The SMILES string of the molecule is [N]C1=CC=CC[N+]1=O. The molecule has 1 aliphatic heterocycles. The lowest BCUT2D eigenvalue weighted by molar-refractivity contribution is -0.492. The molecule has 3 heteroatoms.